The predicted molar refractivity (Wildman–Crippen MR) is 250 cm³/mol. The fraction of sp³-hybridized carbons (Fsp3) is 0.440. The summed E-state index contributed by atoms with van der Waals surface area (Å²) in [5, 5.41) is 18.0. The Hall–Kier alpha value is -4.88. The van der Waals surface area contributed by atoms with Crippen LogP contribution in [-0.4, -0.2) is 59.0 Å². The van der Waals surface area contributed by atoms with E-state index in [9.17, 15) is 28.4 Å². The van der Waals surface area contributed by atoms with Crippen LogP contribution in [-0.2, 0) is 30.2 Å². The lowest BCUT2D eigenvalue weighted by atomic mass is 9.74. The summed E-state index contributed by atoms with van der Waals surface area (Å²) in [6, 6.07) is 29.5. The van der Waals surface area contributed by atoms with Crippen molar-refractivity contribution in [3.63, 3.8) is 0 Å². The van der Waals surface area contributed by atoms with Gasteiger partial charge in [0, 0.05) is 66.2 Å². The molecule has 0 bridgehead atoms. The molecule has 0 aliphatic carbocycles. The number of amides is 3. The monoisotopic (exact) mass is 1020 g/mol. The quantitative estimate of drug-likeness (QED) is 0.150. The van der Waals surface area contributed by atoms with Gasteiger partial charge in [-0.15, -0.1) is 0 Å². The zero-order valence-electron chi connectivity index (χ0n) is 37.7. The molecule has 348 valence electrons. The molecule has 4 aromatic carbocycles. The largest absolute Gasteiger partial charge is 0.438 e. The first kappa shape index (κ1) is 51.1. The van der Waals surface area contributed by atoms with E-state index in [2.05, 4.69) is 37.9 Å². The van der Waals surface area contributed by atoms with Gasteiger partial charge in [-0.2, -0.15) is 5.26 Å². The number of carbonyl (C=O) groups excluding carboxylic acids is 3. The first-order valence-electron chi connectivity index (χ1n) is 21.6. The van der Waals surface area contributed by atoms with Crippen molar-refractivity contribution in [3.05, 3.63) is 140 Å². The second kappa shape index (κ2) is 21.6. The van der Waals surface area contributed by atoms with Crippen molar-refractivity contribution in [1.82, 2.24) is 9.80 Å². The van der Waals surface area contributed by atoms with Gasteiger partial charge in [0.1, 0.15) is 22.8 Å². The highest BCUT2D eigenvalue weighted by atomic mass is 79.9. The maximum Gasteiger partial charge on any atom is 0.411 e. The summed E-state index contributed by atoms with van der Waals surface area (Å²) >= 11 is 6.84. The number of primary amides is 1. The Balaban J connectivity index is 0.000000216. The number of nitriles is 1. The summed E-state index contributed by atoms with van der Waals surface area (Å²) in [5.41, 5.74) is 5.34. The molecule has 0 saturated carbocycles. The van der Waals surface area contributed by atoms with E-state index < -0.39 is 46.4 Å². The van der Waals surface area contributed by atoms with Crippen molar-refractivity contribution in [2.45, 2.75) is 110 Å². The SMILES string of the molecule is C[C@@H](c1ccc(Br)cc1)N1CC[C@](CC(C)(C)C#N)(c2ccc(F)cc2)OC1=O.C[C@@H](c1ccc(Br)cc1)N1CC[C@](CC(C)(C)C(N)=O)(c2ccc(F)cc2)OC1=O.OC1CCCO1. The Kier molecular flexibility index (Phi) is 17.0. The molecule has 7 rings (SSSR count). The van der Waals surface area contributed by atoms with Crippen LogP contribution in [0.25, 0.3) is 0 Å². The van der Waals surface area contributed by atoms with Gasteiger partial charge < -0.3 is 34.9 Å². The lowest BCUT2D eigenvalue weighted by molar-refractivity contribution is -0.133. The number of aliphatic hydroxyl groups is 1. The lowest BCUT2D eigenvalue weighted by Gasteiger charge is -2.46. The molecule has 3 aliphatic heterocycles. The fourth-order valence-electron chi connectivity index (χ4n) is 8.37. The van der Waals surface area contributed by atoms with Crippen LogP contribution in [0.2, 0.25) is 0 Å². The van der Waals surface area contributed by atoms with E-state index >= 15 is 0 Å². The van der Waals surface area contributed by atoms with Crippen LogP contribution in [0.3, 0.4) is 0 Å². The summed E-state index contributed by atoms with van der Waals surface area (Å²) in [6.07, 6.45) is 2.03. The number of hydrogen-bond donors (Lipinski definition) is 2. The van der Waals surface area contributed by atoms with E-state index in [1.807, 2.05) is 76.2 Å². The second-order valence-electron chi connectivity index (χ2n) is 18.1. The van der Waals surface area contributed by atoms with Gasteiger partial charge >= 0.3 is 12.2 Å². The normalized spacial score (nSPS) is 21.9. The highest BCUT2D eigenvalue weighted by Crippen LogP contribution is 2.46. The lowest BCUT2D eigenvalue weighted by Crippen LogP contribution is -2.51. The minimum absolute atomic E-state index is 0.147. The highest BCUT2D eigenvalue weighted by Gasteiger charge is 2.49. The van der Waals surface area contributed by atoms with Crippen LogP contribution < -0.4 is 5.73 Å². The Morgan fingerprint density at radius 3 is 1.48 bits per heavy atom. The smallest absolute Gasteiger partial charge is 0.411 e. The summed E-state index contributed by atoms with van der Waals surface area (Å²) < 4.78 is 45.7. The number of cyclic esters (lactones) is 2. The molecule has 0 spiro atoms. The molecule has 3 aliphatic rings. The van der Waals surface area contributed by atoms with E-state index in [1.165, 1.54) is 24.3 Å². The van der Waals surface area contributed by atoms with Gasteiger partial charge in [0.05, 0.1) is 23.6 Å². The molecule has 3 N–H and O–H groups in total. The molecule has 3 amide bonds. The van der Waals surface area contributed by atoms with Crippen LogP contribution in [0.5, 0.6) is 0 Å². The number of hydrogen-bond acceptors (Lipinski definition) is 8. The third kappa shape index (κ3) is 13.1. The molecule has 0 radical (unpaired) electrons. The molecule has 3 saturated heterocycles. The van der Waals surface area contributed by atoms with Gasteiger partial charge in [0.25, 0.3) is 0 Å². The number of benzene rings is 4. The number of carbonyl (C=O) groups is 3. The van der Waals surface area contributed by atoms with Crippen LogP contribution in [0.1, 0.15) is 114 Å². The van der Waals surface area contributed by atoms with Crippen LogP contribution in [0.4, 0.5) is 18.4 Å². The summed E-state index contributed by atoms with van der Waals surface area (Å²) in [7, 11) is 0. The van der Waals surface area contributed by atoms with Crippen molar-refractivity contribution in [3.8, 4) is 6.07 Å². The average Bonchev–Trinajstić information content (AvgIpc) is 3.75. The standard InChI is InChI=1S/C23H26BrFN2O3.C23H24BrFN2O2.C4H8O2/c1-15(16-4-8-18(24)9-5-16)27-13-12-23(30-21(27)29,14-22(2,3)20(26)28)17-6-10-19(25)11-7-17;1-16(17-4-8-19(24)9-5-17)27-13-12-23(29-21(27)28,14-22(2,3)15-26)18-6-10-20(25)11-7-18;5-4-2-1-3-6-4/h4-11,15H,12-14H2,1-3H3,(H2,26,28);4-11,16H,12-14H2,1-3H3;4-5H,1-3H2/t15-,23-;16-,23-;/m00./s1. The van der Waals surface area contributed by atoms with E-state index in [1.54, 1.807) is 47.9 Å². The van der Waals surface area contributed by atoms with Gasteiger partial charge in [-0.1, -0.05) is 94.2 Å². The minimum atomic E-state index is -1.06. The van der Waals surface area contributed by atoms with Crippen molar-refractivity contribution in [1.29, 1.82) is 5.26 Å². The molecular formula is C50H58Br2F2N4O7. The Bertz CT molecular complexity index is 2290. The minimum Gasteiger partial charge on any atom is -0.438 e. The maximum atomic E-state index is 13.5. The van der Waals surface area contributed by atoms with E-state index in [0.29, 0.717) is 43.5 Å². The zero-order valence-corrected chi connectivity index (χ0v) is 40.8. The van der Waals surface area contributed by atoms with Gasteiger partial charge in [0.15, 0.2) is 6.29 Å². The molecule has 3 fully saturated rings. The average molecular weight is 1020 g/mol. The molecular weight excluding hydrogens is 966 g/mol. The van der Waals surface area contributed by atoms with Crippen molar-refractivity contribution >= 4 is 50.0 Å². The van der Waals surface area contributed by atoms with Crippen molar-refractivity contribution in [2.75, 3.05) is 19.7 Å². The fourth-order valence-corrected chi connectivity index (χ4v) is 8.89. The van der Waals surface area contributed by atoms with Gasteiger partial charge in [-0.25, -0.2) is 18.4 Å². The number of aliphatic hydroxyl groups excluding tert-OH is 1. The molecule has 0 aromatic heterocycles. The molecule has 1 unspecified atom stereocenters. The number of nitrogens with zero attached hydrogens (tertiary/aromatic N) is 3. The summed E-state index contributed by atoms with van der Waals surface area (Å²) in [6.45, 7) is 12.7. The summed E-state index contributed by atoms with van der Waals surface area (Å²) in [5.74, 6) is -1.21. The number of ether oxygens (including phenoxy) is 3. The van der Waals surface area contributed by atoms with Crippen molar-refractivity contribution in [2.24, 2.45) is 16.6 Å². The highest BCUT2D eigenvalue weighted by molar-refractivity contribution is 9.10. The molecule has 11 nitrogen and oxygen atoms in total. The molecule has 3 heterocycles. The molecule has 5 atom stereocenters. The number of rotatable bonds is 11. The molecule has 4 aromatic rings. The summed E-state index contributed by atoms with van der Waals surface area (Å²) in [4.78, 5) is 41.5. The number of halogens is 4. The van der Waals surface area contributed by atoms with E-state index in [0.717, 1.165) is 39.5 Å². The maximum absolute atomic E-state index is 13.5. The van der Waals surface area contributed by atoms with Gasteiger partial charge in [-0.3, -0.25) is 4.79 Å². The third-order valence-electron chi connectivity index (χ3n) is 12.3. The second-order valence-corrected chi connectivity index (χ2v) is 20.0. The van der Waals surface area contributed by atoms with Crippen LogP contribution >= 0.6 is 31.9 Å². The first-order valence-corrected chi connectivity index (χ1v) is 23.2. The Morgan fingerprint density at radius 1 is 0.769 bits per heavy atom. The van der Waals surface area contributed by atoms with Crippen molar-refractivity contribution < 1.29 is 42.5 Å². The van der Waals surface area contributed by atoms with Gasteiger partial charge in [0.2, 0.25) is 5.91 Å². The van der Waals surface area contributed by atoms with Gasteiger partial charge in [-0.05, 0) is 105 Å². The van der Waals surface area contributed by atoms with E-state index in [4.69, 9.17) is 25.1 Å². The Morgan fingerprint density at radius 2 is 1.17 bits per heavy atom. The number of nitrogens with two attached hydrogens (primary N) is 1. The predicted octanol–water partition coefficient (Wildman–Crippen LogP) is 11.7. The third-order valence-corrected chi connectivity index (χ3v) is 13.3. The van der Waals surface area contributed by atoms with E-state index in [-0.39, 0.29) is 30.1 Å². The zero-order chi connectivity index (χ0) is 47.7. The van der Waals surface area contributed by atoms with Crippen LogP contribution in [0.15, 0.2) is 106 Å². The van der Waals surface area contributed by atoms with Crippen LogP contribution in [0, 0.1) is 33.8 Å². The Labute approximate surface area is 397 Å². The first-order chi connectivity index (χ1) is 30.6. The topological polar surface area (TPSA) is 155 Å². The molecule has 65 heavy (non-hydrogen) atoms. The molecule has 15 heteroatoms.